The minimum absolute atomic E-state index is 0.0154. The zero-order valence-corrected chi connectivity index (χ0v) is 10.1. The molecule has 0 saturated carbocycles. The van der Waals surface area contributed by atoms with Gasteiger partial charge in [-0.25, -0.2) is 0 Å². The first-order chi connectivity index (χ1) is 7.82. The lowest BCUT2D eigenvalue weighted by molar-refractivity contribution is -0.141. The van der Waals surface area contributed by atoms with Crippen LogP contribution in [-0.2, 0) is 11.0 Å². The summed E-state index contributed by atoms with van der Waals surface area (Å²) in [5, 5.41) is 5.45. The van der Waals surface area contributed by atoms with E-state index in [1.54, 1.807) is 0 Å². The van der Waals surface area contributed by atoms with Gasteiger partial charge in [-0.3, -0.25) is 9.89 Å². The van der Waals surface area contributed by atoms with Crippen LogP contribution in [0.5, 0.6) is 0 Å². The van der Waals surface area contributed by atoms with Gasteiger partial charge in [0.05, 0.1) is 0 Å². The van der Waals surface area contributed by atoms with Crippen molar-refractivity contribution in [2.24, 2.45) is 0 Å². The van der Waals surface area contributed by atoms with Crippen molar-refractivity contribution >= 4 is 23.0 Å². The number of rotatable bonds is 3. The highest BCUT2D eigenvalue weighted by molar-refractivity contribution is 8.13. The number of H-pyrrole nitrogens is 1. The summed E-state index contributed by atoms with van der Waals surface area (Å²) >= 11 is 1.03. The molecular formula is C10H11F3N2OS. The van der Waals surface area contributed by atoms with Crippen molar-refractivity contribution < 1.29 is 18.0 Å². The Hall–Kier alpha value is -1.24. The SMILES string of the molecule is CC(=O)SCC=Cc1c(C(F)(F)F)n[nH]c1C. The lowest BCUT2D eigenvalue weighted by Gasteiger charge is -2.03. The Morgan fingerprint density at radius 3 is 2.71 bits per heavy atom. The van der Waals surface area contributed by atoms with Crippen molar-refractivity contribution in [2.45, 2.75) is 20.0 Å². The van der Waals surface area contributed by atoms with Crippen LogP contribution in [-0.4, -0.2) is 21.1 Å². The Kier molecular flexibility index (Phi) is 4.39. The van der Waals surface area contributed by atoms with E-state index < -0.39 is 11.9 Å². The second-order valence-electron chi connectivity index (χ2n) is 3.31. The van der Waals surface area contributed by atoms with E-state index in [-0.39, 0.29) is 10.7 Å². The highest BCUT2D eigenvalue weighted by Crippen LogP contribution is 2.32. The van der Waals surface area contributed by atoms with Crippen LogP contribution in [0, 0.1) is 6.92 Å². The third kappa shape index (κ3) is 3.92. The summed E-state index contributed by atoms with van der Waals surface area (Å²) in [5.41, 5.74) is -0.567. The van der Waals surface area contributed by atoms with Gasteiger partial charge < -0.3 is 0 Å². The monoisotopic (exact) mass is 264 g/mol. The van der Waals surface area contributed by atoms with Gasteiger partial charge in [0, 0.05) is 23.9 Å². The number of aromatic amines is 1. The predicted octanol–water partition coefficient (Wildman–Crippen LogP) is 3.03. The largest absolute Gasteiger partial charge is 0.435 e. The number of alkyl halides is 3. The molecule has 0 atom stereocenters. The van der Waals surface area contributed by atoms with Crippen LogP contribution in [0.3, 0.4) is 0 Å². The van der Waals surface area contributed by atoms with E-state index in [0.717, 1.165) is 11.8 Å². The Labute approximate surface area is 100 Å². The van der Waals surface area contributed by atoms with E-state index in [4.69, 9.17) is 0 Å². The molecule has 0 saturated heterocycles. The number of hydrogen-bond acceptors (Lipinski definition) is 3. The third-order valence-corrected chi connectivity index (χ3v) is 2.70. The van der Waals surface area contributed by atoms with E-state index in [1.807, 2.05) is 0 Å². The molecule has 0 bridgehead atoms. The van der Waals surface area contributed by atoms with Crippen LogP contribution >= 0.6 is 11.8 Å². The number of hydrogen-bond donors (Lipinski definition) is 1. The molecule has 0 aliphatic rings. The number of halogens is 3. The van der Waals surface area contributed by atoms with Crippen molar-refractivity contribution in [3.63, 3.8) is 0 Å². The van der Waals surface area contributed by atoms with Crippen molar-refractivity contribution in [3.8, 4) is 0 Å². The third-order valence-electron chi connectivity index (χ3n) is 1.93. The van der Waals surface area contributed by atoms with Gasteiger partial charge in [-0.2, -0.15) is 18.3 Å². The Morgan fingerprint density at radius 2 is 2.18 bits per heavy atom. The average molecular weight is 264 g/mol. The fraction of sp³-hybridized carbons (Fsp3) is 0.400. The molecule has 1 aromatic rings. The second-order valence-corrected chi connectivity index (χ2v) is 4.51. The van der Waals surface area contributed by atoms with Gasteiger partial charge in [-0.15, -0.1) is 0 Å². The van der Waals surface area contributed by atoms with Crippen LogP contribution in [0.4, 0.5) is 13.2 Å². The normalized spacial score (nSPS) is 12.3. The van der Waals surface area contributed by atoms with Crippen LogP contribution in [0.15, 0.2) is 6.08 Å². The maximum Gasteiger partial charge on any atom is 0.435 e. The average Bonchev–Trinajstić information content (AvgIpc) is 2.54. The van der Waals surface area contributed by atoms with Gasteiger partial charge in [-0.1, -0.05) is 23.9 Å². The molecule has 1 heterocycles. The van der Waals surface area contributed by atoms with Gasteiger partial charge in [0.1, 0.15) is 0 Å². The number of aromatic nitrogens is 2. The minimum Gasteiger partial charge on any atom is -0.288 e. The van der Waals surface area contributed by atoms with Crippen LogP contribution in [0.2, 0.25) is 0 Å². The minimum atomic E-state index is -4.47. The summed E-state index contributed by atoms with van der Waals surface area (Å²) in [5.74, 6) is 0.344. The summed E-state index contributed by atoms with van der Waals surface area (Å²) < 4.78 is 37.6. The van der Waals surface area contributed by atoms with E-state index >= 15 is 0 Å². The molecule has 0 aliphatic carbocycles. The summed E-state index contributed by atoms with van der Waals surface area (Å²) in [6, 6.07) is 0. The molecule has 7 heteroatoms. The zero-order valence-electron chi connectivity index (χ0n) is 9.26. The first-order valence-electron chi connectivity index (χ1n) is 4.74. The topological polar surface area (TPSA) is 45.8 Å². The Bertz CT molecular complexity index is 437. The standard InChI is InChI=1S/C10H11F3N2OS/c1-6-8(4-3-5-17-7(2)16)9(15-14-6)10(11,12)13/h3-4H,5H2,1-2H3,(H,14,15). The molecule has 0 radical (unpaired) electrons. The lowest BCUT2D eigenvalue weighted by atomic mass is 10.1. The molecule has 1 aromatic heterocycles. The van der Waals surface area contributed by atoms with Crippen molar-refractivity contribution in [3.05, 3.63) is 23.0 Å². The van der Waals surface area contributed by atoms with Gasteiger partial charge in [0.15, 0.2) is 10.8 Å². The molecule has 0 fully saturated rings. The molecule has 0 aromatic carbocycles. The molecule has 0 aliphatic heterocycles. The molecule has 94 valence electrons. The molecule has 0 amide bonds. The highest BCUT2D eigenvalue weighted by Gasteiger charge is 2.36. The molecule has 3 nitrogen and oxygen atoms in total. The molecule has 0 spiro atoms. The fourth-order valence-corrected chi connectivity index (χ4v) is 1.62. The number of aryl methyl sites for hydroxylation is 1. The first kappa shape index (κ1) is 13.8. The summed E-state index contributed by atoms with van der Waals surface area (Å²) in [6.45, 7) is 2.92. The van der Waals surface area contributed by atoms with Crippen LogP contribution in [0.1, 0.15) is 23.9 Å². The van der Waals surface area contributed by atoms with Gasteiger partial charge in [0.2, 0.25) is 0 Å². The molecule has 0 unspecified atom stereocenters. The van der Waals surface area contributed by atoms with E-state index in [1.165, 1.54) is 26.0 Å². The van der Waals surface area contributed by atoms with E-state index in [0.29, 0.717) is 11.4 Å². The first-order valence-corrected chi connectivity index (χ1v) is 5.73. The number of thioether (sulfide) groups is 1. The van der Waals surface area contributed by atoms with E-state index in [9.17, 15) is 18.0 Å². The second kappa shape index (κ2) is 5.39. The van der Waals surface area contributed by atoms with E-state index in [2.05, 4.69) is 10.2 Å². The predicted molar refractivity (Wildman–Crippen MR) is 60.5 cm³/mol. The Morgan fingerprint density at radius 1 is 1.53 bits per heavy atom. The van der Waals surface area contributed by atoms with Crippen LogP contribution < -0.4 is 0 Å². The number of carbonyl (C=O) groups is 1. The number of nitrogens with one attached hydrogen (secondary N) is 1. The molecular weight excluding hydrogens is 253 g/mol. The Balaban J connectivity index is 2.83. The van der Waals surface area contributed by atoms with Gasteiger partial charge in [-0.05, 0) is 6.92 Å². The maximum absolute atomic E-state index is 12.5. The smallest absolute Gasteiger partial charge is 0.288 e. The fourth-order valence-electron chi connectivity index (χ4n) is 1.19. The number of carbonyl (C=O) groups excluding carboxylic acids is 1. The van der Waals surface area contributed by atoms with Crippen LogP contribution in [0.25, 0.3) is 6.08 Å². The zero-order chi connectivity index (χ0) is 13.1. The summed E-state index contributed by atoms with van der Waals surface area (Å²) in [7, 11) is 0. The van der Waals surface area contributed by atoms with Gasteiger partial charge in [0.25, 0.3) is 0 Å². The van der Waals surface area contributed by atoms with Crippen molar-refractivity contribution in [1.29, 1.82) is 0 Å². The van der Waals surface area contributed by atoms with Crippen molar-refractivity contribution in [1.82, 2.24) is 10.2 Å². The van der Waals surface area contributed by atoms with Gasteiger partial charge >= 0.3 is 6.18 Å². The summed E-state index contributed by atoms with van der Waals surface area (Å²) in [4.78, 5) is 10.6. The number of nitrogens with zero attached hydrogens (tertiary/aromatic N) is 1. The quantitative estimate of drug-likeness (QED) is 0.912. The molecule has 1 rings (SSSR count). The lowest BCUT2D eigenvalue weighted by Crippen LogP contribution is -2.07. The molecule has 17 heavy (non-hydrogen) atoms. The molecule has 1 N–H and O–H groups in total. The maximum atomic E-state index is 12.5. The highest BCUT2D eigenvalue weighted by atomic mass is 32.2. The van der Waals surface area contributed by atoms with Crippen molar-refractivity contribution in [2.75, 3.05) is 5.75 Å². The summed E-state index contributed by atoms with van der Waals surface area (Å²) in [6.07, 6.45) is -1.63.